The number of phenols is 1. The second kappa shape index (κ2) is 2.88. The molecular weight excluding hydrogens is 147 g/mol. The maximum Gasteiger partial charge on any atom is 0.165 e. The molecule has 0 aliphatic rings. The molecule has 0 bridgehead atoms. The van der Waals surface area contributed by atoms with Crippen LogP contribution in [0.4, 0.5) is 4.39 Å². The van der Waals surface area contributed by atoms with Crippen molar-refractivity contribution in [3.8, 4) is 5.75 Å². The summed E-state index contributed by atoms with van der Waals surface area (Å²) < 4.78 is 12.6. The van der Waals surface area contributed by atoms with Gasteiger partial charge in [0.1, 0.15) is 0 Å². The summed E-state index contributed by atoms with van der Waals surface area (Å²) in [5, 5.41) is 17.8. The molecule has 0 amide bonds. The monoisotopic (exact) mass is 156 g/mol. The number of hydrogen-bond donors (Lipinski definition) is 2. The quantitative estimate of drug-likeness (QED) is 0.648. The number of rotatable bonds is 1. The lowest BCUT2D eigenvalue weighted by atomic mass is 10.1. The Bertz CT molecular complexity index is 258. The molecule has 0 saturated heterocycles. The Hall–Kier alpha value is -1.09. The van der Waals surface area contributed by atoms with Gasteiger partial charge in [-0.25, -0.2) is 4.39 Å². The molecule has 0 unspecified atom stereocenters. The highest BCUT2D eigenvalue weighted by molar-refractivity contribution is 5.28. The van der Waals surface area contributed by atoms with Crippen LogP contribution in [0, 0.1) is 5.82 Å². The molecular formula is C8H9FO2. The molecule has 1 atom stereocenters. The molecule has 60 valence electrons. The van der Waals surface area contributed by atoms with E-state index in [1.165, 1.54) is 19.1 Å². The number of aromatic hydroxyl groups is 1. The van der Waals surface area contributed by atoms with Gasteiger partial charge in [0.2, 0.25) is 0 Å². The van der Waals surface area contributed by atoms with Crippen LogP contribution in [0.5, 0.6) is 5.75 Å². The van der Waals surface area contributed by atoms with Gasteiger partial charge in [-0.3, -0.25) is 0 Å². The van der Waals surface area contributed by atoms with E-state index in [9.17, 15) is 4.39 Å². The number of hydrogen-bond acceptors (Lipinski definition) is 2. The Morgan fingerprint density at radius 1 is 1.45 bits per heavy atom. The third kappa shape index (κ3) is 1.68. The van der Waals surface area contributed by atoms with Crippen molar-refractivity contribution in [1.82, 2.24) is 0 Å². The van der Waals surface area contributed by atoms with Crippen molar-refractivity contribution in [2.45, 2.75) is 13.0 Å². The molecule has 11 heavy (non-hydrogen) atoms. The molecule has 2 N–H and O–H groups in total. The van der Waals surface area contributed by atoms with Crippen LogP contribution >= 0.6 is 0 Å². The molecule has 0 aliphatic heterocycles. The van der Waals surface area contributed by atoms with Gasteiger partial charge in [-0.1, -0.05) is 6.07 Å². The highest BCUT2D eigenvalue weighted by Gasteiger charge is 2.04. The molecule has 1 aromatic rings. The molecule has 0 heterocycles. The highest BCUT2D eigenvalue weighted by Crippen LogP contribution is 2.19. The van der Waals surface area contributed by atoms with Crippen LogP contribution in [0.2, 0.25) is 0 Å². The van der Waals surface area contributed by atoms with E-state index in [1.807, 2.05) is 0 Å². The Morgan fingerprint density at radius 2 is 2.09 bits per heavy atom. The first kappa shape index (κ1) is 8.01. The maximum atomic E-state index is 12.6. The molecule has 2 nitrogen and oxygen atoms in total. The van der Waals surface area contributed by atoms with Crippen LogP contribution in [0.1, 0.15) is 18.6 Å². The molecule has 0 fully saturated rings. The zero-order chi connectivity index (χ0) is 8.43. The molecule has 0 aliphatic carbocycles. The van der Waals surface area contributed by atoms with Gasteiger partial charge >= 0.3 is 0 Å². The van der Waals surface area contributed by atoms with Crippen LogP contribution < -0.4 is 0 Å². The third-order valence-electron chi connectivity index (χ3n) is 1.45. The lowest BCUT2D eigenvalue weighted by Gasteiger charge is -2.04. The first-order valence-electron chi connectivity index (χ1n) is 3.27. The van der Waals surface area contributed by atoms with Gasteiger partial charge in [0.25, 0.3) is 0 Å². The van der Waals surface area contributed by atoms with Crippen molar-refractivity contribution in [3.05, 3.63) is 29.6 Å². The summed E-state index contributed by atoms with van der Waals surface area (Å²) in [5.74, 6) is -1.10. The summed E-state index contributed by atoms with van der Waals surface area (Å²) in [7, 11) is 0. The Kier molecular flexibility index (Phi) is 2.10. The van der Waals surface area contributed by atoms with E-state index in [0.29, 0.717) is 5.56 Å². The molecule has 0 aromatic heterocycles. The summed E-state index contributed by atoms with van der Waals surface area (Å²) in [6.45, 7) is 1.53. The van der Waals surface area contributed by atoms with Crippen molar-refractivity contribution in [1.29, 1.82) is 0 Å². The highest BCUT2D eigenvalue weighted by atomic mass is 19.1. The van der Waals surface area contributed by atoms with Gasteiger partial charge in [-0.2, -0.15) is 0 Å². The lowest BCUT2D eigenvalue weighted by molar-refractivity contribution is 0.198. The van der Waals surface area contributed by atoms with Crippen molar-refractivity contribution in [3.63, 3.8) is 0 Å². The second-order valence-electron chi connectivity index (χ2n) is 2.39. The molecule has 0 spiro atoms. The van der Waals surface area contributed by atoms with E-state index in [2.05, 4.69) is 0 Å². The summed E-state index contributed by atoms with van der Waals surface area (Å²) in [4.78, 5) is 0. The van der Waals surface area contributed by atoms with E-state index >= 15 is 0 Å². The molecule has 0 radical (unpaired) electrons. The normalized spacial score (nSPS) is 13.0. The smallest absolute Gasteiger partial charge is 0.165 e. The fourth-order valence-electron chi connectivity index (χ4n) is 0.783. The van der Waals surface area contributed by atoms with Crippen LogP contribution in [-0.2, 0) is 0 Å². The standard InChI is InChI=1S/C8H9FO2/c1-5(10)6-2-3-8(11)7(9)4-6/h2-5,10-11H,1H3/t5-/m1/s1. The first-order chi connectivity index (χ1) is 5.11. The van der Waals surface area contributed by atoms with E-state index in [1.54, 1.807) is 0 Å². The van der Waals surface area contributed by atoms with Crippen molar-refractivity contribution in [2.75, 3.05) is 0 Å². The molecule has 0 saturated carbocycles. The minimum atomic E-state index is -0.705. The average Bonchev–Trinajstić information content (AvgIpc) is 1.94. The molecule has 1 rings (SSSR count). The number of phenolic OH excluding ortho intramolecular Hbond substituents is 1. The second-order valence-corrected chi connectivity index (χ2v) is 2.39. The van der Waals surface area contributed by atoms with E-state index in [4.69, 9.17) is 10.2 Å². The van der Waals surface area contributed by atoms with E-state index in [-0.39, 0.29) is 0 Å². The molecule has 1 aromatic carbocycles. The topological polar surface area (TPSA) is 40.5 Å². The van der Waals surface area contributed by atoms with Crippen LogP contribution in [0.3, 0.4) is 0 Å². The van der Waals surface area contributed by atoms with Crippen LogP contribution in [0.25, 0.3) is 0 Å². The van der Waals surface area contributed by atoms with Gasteiger partial charge in [0.15, 0.2) is 11.6 Å². The van der Waals surface area contributed by atoms with Crippen LogP contribution in [0.15, 0.2) is 18.2 Å². The minimum Gasteiger partial charge on any atom is -0.505 e. The molecule has 3 heteroatoms. The zero-order valence-electron chi connectivity index (χ0n) is 6.08. The van der Waals surface area contributed by atoms with Gasteiger partial charge < -0.3 is 10.2 Å². The van der Waals surface area contributed by atoms with Crippen LogP contribution in [-0.4, -0.2) is 10.2 Å². The van der Waals surface area contributed by atoms with Gasteiger partial charge in [-0.15, -0.1) is 0 Å². The lowest BCUT2D eigenvalue weighted by Crippen LogP contribution is -1.91. The number of aliphatic hydroxyl groups excluding tert-OH is 1. The Labute approximate surface area is 63.9 Å². The SMILES string of the molecule is C[C@@H](O)c1ccc(O)c(F)c1. The summed E-state index contributed by atoms with van der Waals surface area (Å²) in [5.41, 5.74) is 0.459. The predicted octanol–water partition coefficient (Wildman–Crippen LogP) is 1.58. The zero-order valence-corrected chi connectivity index (χ0v) is 6.08. The van der Waals surface area contributed by atoms with E-state index < -0.39 is 17.7 Å². The average molecular weight is 156 g/mol. The third-order valence-corrected chi connectivity index (χ3v) is 1.45. The number of halogens is 1. The summed E-state index contributed by atoms with van der Waals surface area (Å²) >= 11 is 0. The predicted molar refractivity (Wildman–Crippen MR) is 38.7 cm³/mol. The van der Waals surface area contributed by atoms with Gasteiger partial charge in [0, 0.05) is 0 Å². The summed E-state index contributed by atoms with van der Waals surface area (Å²) in [6, 6.07) is 3.81. The number of aliphatic hydroxyl groups is 1. The maximum absolute atomic E-state index is 12.6. The minimum absolute atomic E-state index is 0.394. The van der Waals surface area contributed by atoms with Gasteiger partial charge in [-0.05, 0) is 24.6 Å². The van der Waals surface area contributed by atoms with Gasteiger partial charge in [0.05, 0.1) is 6.10 Å². The summed E-state index contributed by atoms with van der Waals surface area (Å²) in [6.07, 6.45) is -0.704. The first-order valence-corrected chi connectivity index (χ1v) is 3.27. The number of benzene rings is 1. The largest absolute Gasteiger partial charge is 0.505 e. The Balaban J connectivity index is 3.05. The van der Waals surface area contributed by atoms with Crippen molar-refractivity contribution in [2.24, 2.45) is 0 Å². The fourth-order valence-corrected chi connectivity index (χ4v) is 0.783. The van der Waals surface area contributed by atoms with E-state index in [0.717, 1.165) is 6.07 Å². The van der Waals surface area contributed by atoms with Crippen molar-refractivity contribution >= 4 is 0 Å². The van der Waals surface area contributed by atoms with Crippen molar-refractivity contribution < 1.29 is 14.6 Å². The fraction of sp³-hybridized carbons (Fsp3) is 0.250. The Morgan fingerprint density at radius 3 is 2.55 bits per heavy atom.